The highest BCUT2D eigenvalue weighted by molar-refractivity contribution is 6.02. The van der Waals surface area contributed by atoms with Crippen LogP contribution in [0.25, 0.3) is 0 Å². The van der Waals surface area contributed by atoms with E-state index in [9.17, 15) is 9.59 Å². The third-order valence-corrected chi connectivity index (χ3v) is 7.40. The molecule has 202 valence electrons. The molecule has 3 aromatic carbocycles. The topological polar surface area (TPSA) is 79.9 Å². The van der Waals surface area contributed by atoms with Gasteiger partial charge in [-0.25, -0.2) is 0 Å². The first-order chi connectivity index (χ1) is 18.8. The summed E-state index contributed by atoms with van der Waals surface area (Å²) in [7, 11) is 3.25. The number of carbonyl (C=O) groups excluding carboxylic acids is 2. The average Bonchev–Trinajstić information content (AvgIpc) is 3.05. The highest BCUT2D eigenvalue weighted by atomic mass is 16.5. The van der Waals surface area contributed by atoms with Crippen molar-refractivity contribution in [2.45, 2.75) is 39.3 Å². The van der Waals surface area contributed by atoms with E-state index in [1.54, 1.807) is 14.2 Å². The number of anilines is 2. The third kappa shape index (κ3) is 5.48. The van der Waals surface area contributed by atoms with Crippen LogP contribution in [0.1, 0.15) is 43.9 Å². The van der Waals surface area contributed by atoms with E-state index in [0.717, 1.165) is 40.4 Å². The number of rotatable bonds is 7. The molecule has 0 aromatic heterocycles. The third-order valence-electron chi connectivity index (χ3n) is 7.40. The minimum Gasteiger partial charge on any atom is -0.497 e. The molecule has 0 bridgehead atoms. The van der Waals surface area contributed by atoms with E-state index >= 15 is 0 Å². The summed E-state index contributed by atoms with van der Waals surface area (Å²) in [5.74, 6) is 1.36. The van der Waals surface area contributed by atoms with E-state index in [4.69, 9.17) is 9.47 Å². The minimum atomic E-state index is -0.466. The number of fused-ring (bicyclic) bond motifs is 1. The van der Waals surface area contributed by atoms with Crippen LogP contribution in [0.15, 0.2) is 84.1 Å². The molecule has 0 radical (unpaired) electrons. The van der Waals surface area contributed by atoms with Crippen LogP contribution >= 0.6 is 0 Å². The Labute approximate surface area is 229 Å². The number of ketones is 1. The van der Waals surface area contributed by atoms with Crippen LogP contribution in [0.5, 0.6) is 11.5 Å². The molecule has 1 unspecified atom stereocenters. The largest absolute Gasteiger partial charge is 0.497 e. The molecule has 7 nitrogen and oxygen atoms in total. The minimum absolute atomic E-state index is 0.0587. The van der Waals surface area contributed by atoms with Crippen LogP contribution in [0.2, 0.25) is 0 Å². The van der Waals surface area contributed by atoms with Crippen molar-refractivity contribution in [3.63, 3.8) is 0 Å². The molecule has 7 heteroatoms. The molecule has 1 heterocycles. The predicted molar refractivity (Wildman–Crippen MR) is 153 cm³/mol. The Morgan fingerprint density at radius 2 is 1.77 bits per heavy atom. The summed E-state index contributed by atoms with van der Waals surface area (Å²) in [6, 6.07) is 22.9. The first kappa shape index (κ1) is 26.4. The second-order valence-electron chi connectivity index (χ2n) is 10.9. The Kier molecular flexibility index (Phi) is 7.33. The Balaban J connectivity index is 1.57. The van der Waals surface area contributed by atoms with Gasteiger partial charge in [-0.1, -0.05) is 56.3 Å². The lowest BCUT2D eigenvalue weighted by Crippen LogP contribution is -2.41. The van der Waals surface area contributed by atoms with Gasteiger partial charge in [0.25, 0.3) is 0 Å². The van der Waals surface area contributed by atoms with E-state index in [-0.39, 0.29) is 23.7 Å². The number of hydrogen-bond acceptors (Lipinski definition) is 6. The molecule has 5 rings (SSSR count). The Bertz CT molecular complexity index is 1430. The fourth-order valence-electron chi connectivity index (χ4n) is 5.64. The number of nitrogens with one attached hydrogen (secondary N) is 2. The Morgan fingerprint density at radius 3 is 2.56 bits per heavy atom. The van der Waals surface area contributed by atoms with Crippen molar-refractivity contribution in [2.24, 2.45) is 5.41 Å². The molecule has 0 saturated carbocycles. The van der Waals surface area contributed by atoms with Gasteiger partial charge in [-0.2, -0.15) is 0 Å². The quantitative estimate of drug-likeness (QED) is 0.416. The number of ether oxygens (including phenoxy) is 2. The second-order valence-corrected chi connectivity index (χ2v) is 10.9. The van der Waals surface area contributed by atoms with Crippen LogP contribution in [-0.4, -0.2) is 32.5 Å². The van der Waals surface area contributed by atoms with Gasteiger partial charge in [0.1, 0.15) is 11.5 Å². The predicted octanol–water partition coefficient (Wildman–Crippen LogP) is 5.64. The molecule has 0 fully saturated rings. The van der Waals surface area contributed by atoms with Gasteiger partial charge in [0, 0.05) is 29.8 Å². The zero-order chi connectivity index (χ0) is 27.6. The van der Waals surface area contributed by atoms with Gasteiger partial charge in [-0.05, 0) is 47.7 Å². The maximum Gasteiger partial charge on any atom is 0.239 e. The number of hydrogen-bond donors (Lipinski definition) is 2. The zero-order valence-electron chi connectivity index (χ0n) is 22.9. The van der Waals surface area contributed by atoms with Crippen LogP contribution in [-0.2, 0) is 16.1 Å². The molecule has 3 aromatic rings. The number of allylic oxidation sites excluding steroid dienone is 1. The van der Waals surface area contributed by atoms with Crippen LogP contribution in [0, 0.1) is 5.41 Å². The molecular weight excluding hydrogens is 490 g/mol. The molecule has 1 amide bonds. The molecule has 2 N–H and O–H groups in total. The van der Waals surface area contributed by atoms with Gasteiger partial charge < -0.3 is 25.0 Å². The monoisotopic (exact) mass is 525 g/mol. The molecule has 2 aliphatic rings. The fraction of sp³-hybridized carbons (Fsp3) is 0.312. The van der Waals surface area contributed by atoms with Gasteiger partial charge in [0.05, 0.1) is 38.2 Å². The van der Waals surface area contributed by atoms with Gasteiger partial charge in [-0.3, -0.25) is 9.59 Å². The normalized spacial score (nSPS) is 17.9. The van der Waals surface area contributed by atoms with Gasteiger partial charge in [0.2, 0.25) is 5.91 Å². The number of nitrogens with zero attached hydrogens (tertiary/aromatic N) is 1. The van der Waals surface area contributed by atoms with Crippen molar-refractivity contribution in [2.75, 3.05) is 31.0 Å². The van der Waals surface area contributed by atoms with Crippen LogP contribution < -0.4 is 25.0 Å². The number of amides is 1. The van der Waals surface area contributed by atoms with E-state index in [1.165, 1.54) is 0 Å². The first-order valence-corrected chi connectivity index (χ1v) is 13.2. The molecule has 1 aliphatic heterocycles. The summed E-state index contributed by atoms with van der Waals surface area (Å²) in [5, 5.41) is 6.65. The Morgan fingerprint density at radius 1 is 1.00 bits per heavy atom. The number of para-hydroxylation sites is 3. The molecule has 0 spiro atoms. The van der Waals surface area contributed by atoms with Crippen molar-refractivity contribution in [3.05, 3.63) is 95.2 Å². The van der Waals surface area contributed by atoms with Gasteiger partial charge >= 0.3 is 0 Å². The highest BCUT2D eigenvalue weighted by Gasteiger charge is 2.42. The molecule has 1 atom stereocenters. The summed E-state index contributed by atoms with van der Waals surface area (Å²) in [6.07, 6.45) is 1.18. The van der Waals surface area contributed by atoms with Crippen molar-refractivity contribution in [1.82, 2.24) is 5.32 Å². The number of carbonyl (C=O) groups is 2. The highest BCUT2D eigenvalue weighted by Crippen LogP contribution is 2.48. The van der Waals surface area contributed by atoms with Gasteiger partial charge in [-0.15, -0.1) is 0 Å². The first-order valence-electron chi connectivity index (χ1n) is 13.2. The summed E-state index contributed by atoms with van der Waals surface area (Å²) < 4.78 is 11.0. The maximum atomic E-state index is 13.8. The van der Waals surface area contributed by atoms with Crippen LogP contribution in [0.3, 0.4) is 0 Å². The van der Waals surface area contributed by atoms with E-state index in [0.29, 0.717) is 24.3 Å². The van der Waals surface area contributed by atoms with Crippen molar-refractivity contribution >= 4 is 23.1 Å². The summed E-state index contributed by atoms with van der Waals surface area (Å²) in [4.78, 5) is 29.4. The molecule has 0 saturated heterocycles. The van der Waals surface area contributed by atoms with E-state index in [1.807, 2.05) is 77.7 Å². The van der Waals surface area contributed by atoms with Crippen LogP contribution in [0.4, 0.5) is 11.4 Å². The Hall–Kier alpha value is -4.26. The van der Waals surface area contributed by atoms with Crippen molar-refractivity contribution in [1.29, 1.82) is 0 Å². The SMILES string of the molecule is COc1cccc(C2C3=C(CC(C)(C)CC3=O)Nc3ccccc3N2CC(=O)NCc2ccccc2OC)c1. The number of Topliss-reactive ketones (excluding diaryl/α,β-unsaturated/α-hetero) is 1. The van der Waals surface area contributed by atoms with Gasteiger partial charge in [0.15, 0.2) is 5.78 Å². The summed E-state index contributed by atoms with van der Waals surface area (Å²) in [6.45, 7) is 4.64. The smallest absolute Gasteiger partial charge is 0.239 e. The standard InChI is InChI=1S/C32H35N3O4/c1-32(2)17-25-30(27(36)18-32)31(21-11-9-12-23(16-21)38-3)35(26-14-7-6-13-24(26)34-25)20-29(37)33-19-22-10-5-8-15-28(22)39-4/h5-16,31,34H,17-20H2,1-4H3,(H,33,37). The number of methoxy groups -OCH3 is 2. The summed E-state index contributed by atoms with van der Waals surface area (Å²) in [5.41, 5.74) is 4.97. The average molecular weight is 526 g/mol. The van der Waals surface area contributed by atoms with Crippen molar-refractivity contribution < 1.29 is 19.1 Å². The lowest BCUT2D eigenvalue weighted by molar-refractivity contribution is -0.120. The lowest BCUT2D eigenvalue weighted by Gasteiger charge is -2.38. The summed E-state index contributed by atoms with van der Waals surface area (Å²) >= 11 is 0. The fourth-order valence-corrected chi connectivity index (χ4v) is 5.64. The number of benzene rings is 3. The second kappa shape index (κ2) is 10.8. The maximum absolute atomic E-state index is 13.8. The zero-order valence-corrected chi connectivity index (χ0v) is 22.9. The van der Waals surface area contributed by atoms with E-state index < -0.39 is 6.04 Å². The molecule has 39 heavy (non-hydrogen) atoms. The molecule has 1 aliphatic carbocycles. The van der Waals surface area contributed by atoms with E-state index in [2.05, 4.69) is 24.5 Å². The van der Waals surface area contributed by atoms with Crippen molar-refractivity contribution in [3.8, 4) is 11.5 Å². The lowest BCUT2D eigenvalue weighted by atomic mass is 9.73. The molecular formula is C32H35N3O4.